The number of piperazine rings is 1. The number of anilines is 2. The number of hydrogen-bond acceptors (Lipinski definition) is 9. The Hall–Kier alpha value is -4.36. The smallest absolute Gasteiger partial charge is 0.318 e. The van der Waals surface area contributed by atoms with E-state index in [4.69, 9.17) is 19.4 Å². The number of ether oxygens (including phenoxy) is 2. The highest BCUT2D eigenvalue weighted by Crippen LogP contribution is 2.38. The van der Waals surface area contributed by atoms with Gasteiger partial charge in [-0.15, -0.1) is 0 Å². The first-order valence-electron chi connectivity index (χ1n) is 15.1. The highest BCUT2D eigenvalue weighted by atomic mass is 16.5. The van der Waals surface area contributed by atoms with Gasteiger partial charge in [0.05, 0.1) is 31.6 Å². The maximum Gasteiger partial charge on any atom is 0.318 e. The molecule has 3 aliphatic rings. The average Bonchev–Trinajstić information content (AvgIpc) is 3.31. The van der Waals surface area contributed by atoms with Crippen molar-refractivity contribution in [3.63, 3.8) is 0 Å². The maximum atomic E-state index is 12.6. The number of rotatable bonds is 7. The fourth-order valence-corrected chi connectivity index (χ4v) is 6.58. The lowest BCUT2D eigenvalue weighted by molar-refractivity contribution is -0.128. The van der Waals surface area contributed by atoms with Crippen LogP contribution in [0.5, 0.6) is 11.8 Å². The first-order valence-corrected chi connectivity index (χ1v) is 15.1. The summed E-state index contributed by atoms with van der Waals surface area (Å²) in [4.78, 5) is 30.9. The molecule has 2 fully saturated rings. The van der Waals surface area contributed by atoms with Gasteiger partial charge in [0, 0.05) is 36.7 Å². The minimum absolute atomic E-state index is 0.164. The lowest BCUT2D eigenvalue weighted by Gasteiger charge is -2.41. The Morgan fingerprint density at radius 3 is 2.74 bits per heavy atom. The topological polar surface area (TPSA) is 98.1 Å². The van der Waals surface area contributed by atoms with Gasteiger partial charge in [0.1, 0.15) is 18.9 Å². The number of nitriles is 1. The van der Waals surface area contributed by atoms with E-state index in [-0.39, 0.29) is 18.4 Å². The predicted octanol–water partition coefficient (Wildman–Crippen LogP) is 3.93. The van der Waals surface area contributed by atoms with E-state index < -0.39 is 0 Å². The molecule has 10 heteroatoms. The van der Waals surface area contributed by atoms with Crippen LogP contribution in [0.25, 0.3) is 10.8 Å². The molecule has 1 aromatic heterocycles. The molecule has 3 aromatic rings. The van der Waals surface area contributed by atoms with Crippen LogP contribution >= 0.6 is 0 Å². The van der Waals surface area contributed by atoms with Crippen LogP contribution in [0, 0.1) is 18.3 Å². The van der Waals surface area contributed by atoms with Crippen molar-refractivity contribution < 1.29 is 14.3 Å². The van der Waals surface area contributed by atoms with Crippen LogP contribution in [-0.2, 0) is 11.3 Å². The molecule has 4 heterocycles. The minimum Gasteiger partial charge on any atom is -0.486 e. The van der Waals surface area contributed by atoms with Crippen LogP contribution < -0.4 is 19.3 Å². The van der Waals surface area contributed by atoms with E-state index in [0.29, 0.717) is 69.6 Å². The molecule has 0 radical (unpaired) electrons. The van der Waals surface area contributed by atoms with Gasteiger partial charge in [-0.25, -0.2) is 0 Å². The van der Waals surface area contributed by atoms with Crippen LogP contribution in [-0.4, -0.2) is 90.7 Å². The lowest BCUT2D eigenvalue weighted by atomic mass is 10.0. The highest BCUT2D eigenvalue weighted by Gasteiger charge is 2.34. The van der Waals surface area contributed by atoms with Gasteiger partial charge in [0.2, 0.25) is 5.91 Å². The van der Waals surface area contributed by atoms with Gasteiger partial charge in [-0.1, -0.05) is 36.9 Å². The molecule has 0 aliphatic carbocycles. The molecule has 0 spiro atoms. The van der Waals surface area contributed by atoms with Gasteiger partial charge in [0.25, 0.3) is 0 Å². The average molecular weight is 582 g/mol. The van der Waals surface area contributed by atoms with Gasteiger partial charge in [-0.2, -0.15) is 15.2 Å². The van der Waals surface area contributed by atoms with Crippen molar-refractivity contribution in [2.75, 3.05) is 62.8 Å². The van der Waals surface area contributed by atoms with E-state index in [1.807, 2.05) is 0 Å². The zero-order valence-corrected chi connectivity index (χ0v) is 25.0. The molecule has 1 amide bonds. The molecule has 0 bridgehead atoms. The summed E-state index contributed by atoms with van der Waals surface area (Å²) in [6.45, 7) is 10.5. The second kappa shape index (κ2) is 12.5. The third-order valence-corrected chi connectivity index (χ3v) is 8.92. The number of likely N-dealkylation sites (tertiary alicyclic amines) is 1. The van der Waals surface area contributed by atoms with E-state index in [1.165, 1.54) is 22.4 Å². The molecule has 6 rings (SSSR count). The highest BCUT2D eigenvalue weighted by molar-refractivity contribution is 5.97. The Morgan fingerprint density at radius 1 is 1.14 bits per heavy atom. The molecule has 10 nitrogen and oxygen atoms in total. The van der Waals surface area contributed by atoms with E-state index in [2.05, 4.69) is 77.7 Å². The molecule has 43 heavy (non-hydrogen) atoms. The van der Waals surface area contributed by atoms with E-state index >= 15 is 0 Å². The first kappa shape index (κ1) is 28.7. The molecule has 0 unspecified atom stereocenters. The Kier molecular flexibility index (Phi) is 8.34. The Balaban J connectivity index is 1.36. The second-order valence-corrected chi connectivity index (χ2v) is 11.6. The number of benzene rings is 2. The standard InChI is InChI=1S/C33H39N7O3/c1-4-29(41)40-17-16-39(20-25(40)13-14-34)32-31-27(35-33(36-32)43-22-26-11-7-15-37(26)3)21-38(18-19-42-31)28-12-6-10-24-9-5-8-23(2)30(24)28/h4-6,8-10,12,25-26H,1,7,11,13,15-22H2,2-3H3/t25-,26+/m0/s1. The number of aromatic nitrogens is 2. The summed E-state index contributed by atoms with van der Waals surface area (Å²) in [5.74, 6) is 1.14. The monoisotopic (exact) mass is 581 g/mol. The molecular formula is C33H39N7O3. The van der Waals surface area contributed by atoms with Crippen molar-refractivity contribution in [1.29, 1.82) is 5.26 Å². The molecule has 0 saturated carbocycles. The summed E-state index contributed by atoms with van der Waals surface area (Å²) in [6.07, 6.45) is 3.77. The maximum absolute atomic E-state index is 12.6. The minimum atomic E-state index is -0.285. The Bertz CT molecular complexity index is 1550. The summed E-state index contributed by atoms with van der Waals surface area (Å²) in [5, 5.41) is 12.0. The van der Waals surface area contributed by atoms with Crippen molar-refractivity contribution >= 4 is 28.2 Å². The Morgan fingerprint density at radius 2 is 1.98 bits per heavy atom. The quantitative estimate of drug-likeness (QED) is 0.385. The van der Waals surface area contributed by atoms with Crippen molar-refractivity contribution in [3.05, 3.63) is 60.3 Å². The van der Waals surface area contributed by atoms with Gasteiger partial charge >= 0.3 is 6.01 Å². The van der Waals surface area contributed by atoms with E-state index in [9.17, 15) is 10.1 Å². The zero-order valence-electron chi connectivity index (χ0n) is 25.0. The number of aryl methyl sites for hydroxylation is 1. The fourth-order valence-electron chi connectivity index (χ4n) is 6.58. The van der Waals surface area contributed by atoms with Crippen molar-refractivity contribution in [2.24, 2.45) is 0 Å². The van der Waals surface area contributed by atoms with Crippen LogP contribution in [0.3, 0.4) is 0 Å². The number of amides is 1. The molecular weight excluding hydrogens is 542 g/mol. The number of likely N-dealkylation sites (N-methyl/N-ethyl adjacent to an activating group) is 1. The Labute approximate surface area is 253 Å². The van der Waals surface area contributed by atoms with Gasteiger partial charge in [0.15, 0.2) is 11.6 Å². The first-order chi connectivity index (χ1) is 21.0. The zero-order chi connectivity index (χ0) is 29.9. The summed E-state index contributed by atoms with van der Waals surface area (Å²) < 4.78 is 12.7. The summed E-state index contributed by atoms with van der Waals surface area (Å²) in [5.41, 5.74) is 3.14. The van der Waals surface area contributed by atoms with E-state index in [0.717, 1.165) is 30.8 Å². The van der Waals surface area contributed by atoms with Crippen LogP contribution in [0.4, 0.5) is 11.5 Å². The number of carbonyl (C=O) groups excluding carboxylic acids is 1. The van der Waals surface area contributed by atoms with Crippen molar-refractivity contribution in [1.82, 2.24) is 19.8 Å². The number of fused-ring (bicyclic) bond motifs is 2. The predicted molar refractivity (Wildman–Crippen MR) is 167 cm³/mol. The molecule has 2 saturated heterocycles. The third kappa shape index (κ3) is 5.82. The molecule has 2 aromatic carbocycles. The van der Waals surface area contributed by atoms with Gasteiger partial charge in [-0.05, 0) is 56.4 Å². The molecule has 0 N–H and O–H groups in total. The summed E-state index contributed by atoms with van der Waals surface area (Å²) in [7, 11) is 2.13. The summed E-state index contributed by atoms with van der Waals surface area (Å²) >= 11 is 0. The molecule has 3 aliphatic heterocycles. The largest absolute Gasteiger partial charge is 0.486 e. The van der Waals surface area contributed by atoms with Crippen LogP contribution in [0.15, 0.2) is 49.1 Å². The molecule has 2 atom stereocenters. The number of nitrogens with zero attached hydrogens (tertiary/aromatic N) is 7. The van der Waals surface area contributed by atoms with Crippen LogP contribution in [0.2, 0.25) is 0 Å². The number of carbonyl (C=O) groups is 1. The van der Waals surface area contributed by atoms with Crippen LogP contribution in [0.1, 0.15) is 30.5 Å². The normalized spacial score (nSPS) is 20.7. The van der Waals surface area contributed by atoms with Gasteiger partial charge in [-0.3, -0.25) is 4.79 Å². The lowest BCUT2D eigenvalue weighted by Crippen LogP contribution is -2.55. The molecule has 224 valence electrons. The second-order valence-electron chi connectivity index (χ2n) is 11.6. The summed E-state index contributed by atoms with van der Waals surface area (Å²) in [6, 6.07) is 15.4. The fraction of sp³-hybridized carbons (Fsp3) is 0.455. The van der Waals surface area contributed by atoms with Gasteiger partial charge < -0.3 is 29.1 Å². The SMILES string of the molecule is C=CC(=O)N1CCN(c2nc(OC[C@H]3CCCN3C)nc3c2OCCN(c2cccc4cccc(C)c24)C3)C[C@@H]1CC#N. The van der Waals surface area contributed by atoms with E-state index in [1.54, 1.807) is 4.90 Å². The third-order valence-electron chi connectivity index (χ3n) is 8.92. The van der Waals surface area contributed by atoms with Crippen molar-refractivity contribution in [3.8, 4) is 17.8 Å². The van der Waals surface area contributed by atoms with Crippen molar-refractivity contribution in [2.45, 2.75) is 44.8 Å². The number of hydrogen-bond donors (Lipinski definition) is 0.